The van der Waals surface area contributed by atoms with Crippen LogP contribution in [0.1, 0.15) is 0 Å². The van der Waals surface area contributed by atoms with E-state index in [-0.39, 0.29) is 4.90 Å². The van der Waals surface area contributed by atoms with Crippen LogP contribution in [0.3, 0.4) is 0 Å². The van der Waals surface area contributed by atoms with Gasteiger partial charge in [0.25, 0.3) is 0 Å². The van der Waals surface area contributed by atoms with Crippen molar-refractivity contribution < 1.29 is 23.1 Å². The molecule has 1 rings (SSSR count). The minimum Gasteiger partial charge on any atom is -0.480 e. The summed E-state index contributed by atoms with van der Waals surface area (Å²) >= 11 is 0. The molecule has 0 aromatic carbocycles. The van der Waals surface area contributed by atoms with Gasteiger partial charge < -0.3 is 15.0 Å². The monoisotopic (exact) mass is 275 g/mol. The molecule has 100 valence electrons. The lowest BCUT2D eigenvalue weighted by atomic mass is 10.5. The quantitative estimate of drug-likeness (QED) is 0.584. The SMILES string of the molecule is Cn1ccc(S(=O)(=O)NCC(=O)NCC(=O)O)c1. The van der Waals surface area contributed by atoms with E-state index in [1.807, 2.05) is 5.32 Å². The molecule has 0 radical (unpaired) electrons. The van der Waals surface area contributed by atoms with E-state index in [4.69, 9.17) is 5.11 Å². The van der Waals surface area contributed by atoms with E-state index in [9.17, 15) is 18.0 Å². The van der Waals surface area contributed by atoms with Gasteiger partial charge in [0.05, 0.1) is 11.4 Å². The fraction of sp³-hybridized carbons (Fsp3) is 0.333. The number of aromatic nitrogens is 1. The molecule has 0 spiro atoms. The summed E-state index contributed by atoms with van der Waals surface area (Å²) in [5.74, 6) is -1.91. The summed E-state index contributed by atoms with van der Waals surface area (Å²) in [6, 6.07) is 1.39. The Kier molecular flexibility index (Phi) is 4.45. The number of hydrogen-bond acceptors (Lipinski definition) is 4. The van der Waals surface area contributed by atoms with Crippen LogP contribution in [0.5, 0.6) is 0 Å². The van der Waals surface area contributed by atoms with E-state index in [1.165, 1.54) is 12.3 Å². The molecule has 0 aliphatic carbocycles. The predicted octanol–water partition coefficient (Wildman–Crippen LogP) is -1.50. The van der Waals surface area contributed by atoms with Gasteiger partial charge >= 0.3 is 5.97 Å². The van der Waals surface area contributed by atoms with Crippen LogP contribution in [0.4, 0.5) is 0 Å². The number of carbonyl (C=O) groups excluding carboxylic acids is 1. The van der Waals surface area contributed by atoms with E-state index in [0.29, 0.717) is 0 Å². The fourth-order valence-corrected chi connectivity index (χ4v) is 2.15. The molecule has 9 heteroatoms. The van der Waals surface area contributed by atoms with Gasteiger partial charge in [0.1, 0.15) is 6.54 Å². The molecule has 18 heavy (non-hydrogen) atoms. The second-order valence-corrected chi connectivity index (χ2v) is 5.27. The fourth-order valence-electron chi connectivity index (χ4n) is 1.12. The first-order chi connectivity index (χ1) is 8.31. The van der Waals surface area contributed by atoms with Gasteiger partial charge in [-0.2, -0.15) is 0 Å². The molecule has 1 amide bonds. The Morgan fingerprint density at radius 1 is 1.39 bits per heavy atom. The summed E-state index contributed by atoms with van der Waals surface area (Å²) in [4.78, 5) is 21.3. The van der Waals surface area contributed by atoms with Crippen molar-refractivity contribution in [3.8, 4) is 0 Å². The standard InChI is InChI=1S/C9H13N3O5S/c1-12-3-2-7(6-12)18(16,17)11-4-8(13)10-5-9(14)15/h2-3,6,11H,4-5H2,1H3,(H,10,13)(H,14,15). The molecule has 0 aliphatic heterocycles. The van der Waals surface area contributed by atoms with Crippen LogP contribution in [0.15, 0.2) is 23.4 Å². The molecule has 0 unspecified atom stereocenters. The number of sulfonamides is 1. The molecule has 0 atom stereocenters. The minimum atomic E-state index is -3.75. The maximum Gasteiger partial charge on any atom is 0.322 e. The summed E-state index contributed by atoms with van der Waals surface area (Å²) < 4.78 is 27.0. The maximum atomic E-state index is 11.7. The van der Waals surface area contributed by atoms with E-state index >= 15 is 0 Å². The summed E-state index contributed by atoms with van der Waals surface area (Å²) in [6.07, 6.45) is 2.94. The highest BCUT2D eigenvalue weighted by molar-refractivity contribution is 7.89. The first-order valence-electron chi connectivity index (χ1n) is 4.91. The van der Waals surface area contributed by atoms with Crippen LogP contribution in [-0.2, 0) is 26.7 Å². The van der Waals surface area contributed by atoms with Crippen LogP contribution in [0.2, 0.25) is 0 Å². The zero-order valence-electron chi connectivity index (χ0n) is 9.58. The smallest absolute Gasteiger partial charge is 0.322 e. The Labute approximate surface area is 104 Å². The van der Waals surface area contributed by atoms with E-state index in [1.54, 1.807) is 17.8 Å². The van der Waals surface area contributed by atoms with Gasteiger partial charge in [0, 0.05) is 19.4 Å². The largest absolute Gasteiger partial charge is 0.480 e. The zero-order chi connectivity index (χ0) is 13.8. The Hall–Kier alpha value is -1.87. The summed E-state index contributed by atoms with van der Waals surface area (Å²) in [5, 5.41) is 10.4. The summed E-state index contributed by atoms with van der Waals surface area (Å²) in [5.41, 5.74) is 0. The topological polar surface area (TPSA) is 118 Å². The number of carboxylic acids is 1. The molecule has 0 bridgehead atoms. The lowest BCUT2D eigenvalue weighted by Gasteiger charge is -2.05. The van der Waals surface area contributed by atoms with Crippen molar-refractivity contribution in [1.82, 2.24) is 14.6 Å². The van der Waals surface area contributed by atoms with Crippen LogP contribution < -0.4 is 10.0 Å². The molecule has 0 saturated carbocycles. The molecule has 3 N–H and O–H groups in total. The number of carbonyl (C=O) groups is 2. The molecule has 0 fully saturated rings. The van der Waals surface area contributed by atoms with Crippen molar-refractivity contribution in [1.29, 1.82) is 0 Å². The average molecular weight is 275 g/mol. The van der Waals surface area contributed by atoms with Crippen LogP contribution >= 0.6 is 0 Å². The van der Waals surface area contributed by atoms with Gasteiger partial charge in [0.15, 0.2) is 0 Å². The lowest BCUT2D eigenvalue weighted by Crippen LogP contribution is -2.38. The van der Waals surface area contributed by atoms with Crippen molar-refractivity contribution in [2.45, 2.75) is 4.90 Å². The molecule has 1 heterocycles. The average Bonchev–Trinajstić information content (AvgIpc) is 2.71. The summed E-state index contributed by atoms with van der Waals surface area (Å²) in [7, 11) is -2.09. The molecule has 8 nitrogen and oxygen atoms in total. The Morgan fingerprint density at radius 2 is 2.06 bits per heavy atom. The van der Waals surface area contributed by atoms with Crippen molar-refractivity contribution in [3.05, 3.63) is 18.5 Å². The van der Waals surface area contributed by atoms with E-state index in [0.717, 1.165) is 0 Å². The van der Waals surface area contributed by atoms with Crippen LogP contribution in [-0.4, -0.2) is 43.1 Å². The first kappa shape index (κ1) is 14.2. The maximum absolute atomic E-state index is 11.7. The second kappa shape index (κ2) is 5.65. The number of nitrogens with zero attached hydrogens (tertiary/aromatic N) is 1. The third-order valence-corrected chi connectivity index (χ3v) is 3.36. The normalized spacial score (nSPS) is 11.2. The second-order valence-electron chi connectivity index (χ2n) is 3.51. The first-order valence-corrected chi connectivity index (χ1v) is 6.40. The predicted molar refractivity (Wildman–Crippen MR) is 61.2 cm³/mol. The Balaban J connectivity index is 2.52. The van der Waals surface area contributed by atoms with Gasteiger partial charge in [-0.25, -0.2) is 13.1 Å². The molecular formula is C9H13N3O5S. The Morgan fingerprint density at radius 3 is 2.56 bits per heavy atom. The highest BCUT2D eigenvalue weighted by Gasteiger charge is 2.16. The number of amides is 1. The molecular weight excluding hydrogens is 262 g/mol. The van der Waals surface area contributed by atoms with Gasteiger partial charge in [-0.15, -0.1) is 0 Å². The lowest BCUT2D eigenvalue weighted by molar-refractivity contribution is -0.137. The third kappa shape index (κ3) is 4.18. The van der Waals surface area contributed by atoms with E-state index in [2.05, 4.69) is 4.72 Å². The number of carboxylic acid groups (broad SMARTS) is 1. The number of nitrogens with one attached hydrogen (secondary N) is 2. The van der Waals surface area contributed by atoms with Crippen LogP contribution in [0.25, 0.3) is 0 Å². The molecule has 1 aromatic heterocycles. The molecule has 0 aliphatic rings. The number of hydrogen-bond donors (Lipinski definition) is 3. The number of rotatable bonds is 6. The van der Waals surface area contributed by atoms with Crippen LogP contribution in [0, 0.1) is 0 Å². The van der Waals surface area contributed by atoms with E-state index < -0.39 is 35.0 Å². The third-order valence-electron chi connectivity index (χ3n) is 1.97. The molecule has 1 aromatic rings. The van der Waals surface area contributed by atoms with Crippen molar-refractivity contribution >= 4 is 21.9 Å². The number of aryl methyl sites for hydroxylation is 1. The zero-order valence-corrected chi connectivity index (χ0v) is 10.4. The highest BCUT2D eigenvalue weighted by Crippen LogP contribution is 2.07. The van der Waals surface area contributed by atoms with Crippen molar-refractivity contribution in [3.63, 3.8) is 0 Å². The number of aliphatic carboxylic acids is 1. The van der Waals surface area contributed by atoms with Gasteiger partial charge in [-0.1, -0.05) is 0 Å². The van der Waals surface area contributed by atoms with Crippen molar-refractivity contribution in [2.24, 2.45) is 7.05 Å². The minimum absolute atomic E-state index is 0.0380. The van der Waals surface area contributed by atoms with Crippen molar-refractivity contribution in [2.75, 3.05) is 13.1 Å². The Bertz CT molecular complexity index is 548. The molecule has 0 saturated heterocycles. The van der Waals surface area contributed by atoms with Gasteiger partial charge in [-0.3, -0.25) is 9.59 Å². The van der Waals surface area contributed by atoms with Gasteiger partial charge in [-0.05, 0) is 6.07 Å². The van der Waals surface area contributed by atoms with Gasteiger partial charge in [0.2, 0.25) is 15.9 Å². The highest BCUT2D eigenvalue weighted by atomic mass is 32.2. The summed E-state index contributed by atoms with van der Waals surface area (Å²) in [6.45, 7) is -1.06.